The number of methoxy groups -OCH3 is 1. The van der Waals surface area contributed by atoms with Gasteiger partial charge in [-0.05, 0) is 60.0 Å². The van der Waals surface area contributed by atoms with Crippen molar-refractivity contribution in [1.82, 2.24) is 10.3 Å². The monoisotopic (exact) mass is 446 g/mol. The molecule has 0 saturated heterocycles. The number of aromatic nitrogens is 1. The van der Waals surface area contributed by atoms with Crippen LogP contribution in [-0.4, -0.2) is 36.5 Å². The van der Waals surface area contributed by atoms with Gasteiger partial charge in [0.1, 0.15) is 5.75 Å². The van der Waals surface area contributed by atoms with Crippen molar-refractivity contribution in [2.45, 2.75) is 12.8 Å². The average molecular weight is 446 g/mol. The van der Waals surface area contributed by atoms with Crippen LogP contribution in [0.4, 0.5) is 0 Å². The maximum atomic E-state index is 12.3. The van der Waals surface area contributed by atoms with Crippen molar-refractivity contribution >= 4 is 28.7 Å². The van der Waals surface area contributed by atoms with E-state index >= 15 is 0 Å². The number of H-pyrrole nitrogens is 1. The van der Waals surface area contributed by atoms with Gasteiger partial charge in [0.05, 0.1) is 13.4 Å². The number of aryl methyl sites for hydroxylation is 1. The van der Waals surface area contributed by atoms with Crippen molar-refractivity contribution < 1.29 is 28.3 Å². The van der Waals surface area contributed by atoms with Gasteiger partial charge in [0.2, 0.25) is 0 Å². The van der Waals surface area contributed by atoms with Crippen LogP contribution in [0.5, 0.6) is 5.75 Å². The number of carbonyl (C=O) groups excluding carboxylic acids is 3. The fourth-order valence-electron chi connectivity index (χ4n) is 3.54. The van der Waals surface area contributed by atoms with Crippen LogP contribution in [0.15, 0.2) is 71.3 Å². The molecule has 0 atom stereocenters. The van der Waals surface area contributed by atoms with E-state index in [1.807, 2.05) is 48.5 Å². The molecule has 0 unspecified atom stereocenters. The number of nitrogens with one attached hydrogen (secondary N) is 2. The molecule has 0 fully saturated rings. The van der Waals surface area contributed by atoms with E-state index in [0.29, 0.717) is 6.42 Å². The number of hydrogen-bond acceptors (Lipinski definition) is 6. The number of hydrogen-bond donors (Lipinski definition) is 2. The van der Waals surface area contributed by atoms with Crippen LogP contribution in [-0.2, 0) is 20.7 Å². The molecule has 0 aliphatic carbocycles. The molecule has 33 heavy (non-hydrogen) atoms. The quantitative estimate of drug-likeness (QED) is 0.398. The van der Waals surface area contributed by atoms with Crippen molar-refractivity contribution in [2.24, 2.45) is 0 Å². The lowest BCUT2D eigenvalue weighted by Crippen LogP contribution is -2.34. The first kappa shape index (κ1) is 21.9. The molecule has 2 N–H and O–H groups in total. The number of esters is 1. The molecule has 0 aliphatic heterocycles. The van der Waals surface area contributed by atoms with Crippen LogP contribution < -0.4 is 10.1 Å². The molecular weight excluding hydrogens is 424 g/mol. The third kappa shape index (κ3) is 5.12. The highest BCUT2D eigenvalue weighted by Crippen LogP contribution is 2.32. The molecule has 8 heteroatoms. The fourth-order valence-corrected chi connectivity index (χ4v) is 3.54. The van der Waals surface area contributed by atoms with Gasteiger partial charge in [-0.3, -0.25) is 19.7 Å². The highest BCUT2D eigenvalue weighted by atomic mass is 16.5. The van der Waals surface area contributed by atoms with Crippen molar-refractivity contribution in [3.63, 3.8) is 0 Å². The number of ether oxygens (including phenoxy) is 2. The van der Waals surface area contributed by atoms with Gasteiger partial charge in [0, 0.05) is 23.0 Å². The van der Waals surface area contributed by atoms with Gasteiger partial charge in [-0.2, -0.15) is 0 Å². The second-order valence-corrected chi connectivity index (χ2v) is 7.27. The highest BCUT2D eigenvalue weighted by molar-refractivity contribution is 6.03. The lowest BCUT2D eigenvalue weighted by Gasteiger charge is -2.08. The Kier molecular flexibility index (Phi) is 6.54. The largest absolute Gasteiger partial charge is 0.497 e. The zero-order valence-corrected chi connectivity index (χ0v) is 17.9. The average Bonchev–Trinajstić information content (AvgIpc) is 3.50. The van der Waals surface area contributed by atoms with E-state index in [1.165, 1.54) is 18.4 Å². The number of para-hydroxylation sites is 1. The first-order valence-electron chi connectivity index (χ1n) is 10.3. The van der Waals surface area contributed by atoms with Gasteiger partial charge >= 0.3 is 5.97 Å². The van der Waals surface area contributed by atoms with E-state index in [9.17, 15) is 14.4 Å². The summed E-state index contributed by atoms with van der Waals surface area (Å²) < 4.78 is 15.2. The predicted octanol–water partition coefficient (Wildman–Crippen LogP) is 3.87. The van der Waals surface area contributed by atoms with Gasteiger partial charge in [-0.25, -0.2) is 0 Å². The lowest BCUT2D eigenvalue weighted by molar-refractivity contribution is -0.148. The Balaban J connectivity index is 1.40. The third-order valence-corrected chi connectivity index (χ3v) is 5.13. The number of carbonyl (C=O) groups is 3. The summed E-state index contributed by atoms with van der Waals surface area (Å²) in [6, 6.07) is 18.5. The minimum absolute atomic E-state index is 0.0000683. The Morgan fingerprint density at radius 3 is 2.52 bits per heavy atom. The van der Waals surface area contributed by atoms with Gasteiger partial charge in [-0.1, -0.05) is 18.2 Å². The SMILES string of the molecule is COc1ccc(-c2[nH]c3ccccc3c2CCC(=O)OCC(=O)NC(=O)c2ccco2)cc1. The maximum absolute atomic E-state index is 12.3. The second kappa shape index (κ2) is 9.86. The number of rotatable bonds is 8. The number of aromatic amines is 1. The smallest absolute Gasteiger partial charge is 0.306 e. The number of benzene rings is 2. The first-order valence-corrected chi connectivity index (χ1v) is 10.3. The predicted molar refractivity (Wildman–Crippen MR) is 121 cm³/mol. The molecule has 4 aromatic rings. The Morgan fingerprint density at radius 1 is 1.00 bits per heavy atom. The number of imide groups is 1. The van der Waals surface area contributed by atoms with E-state index in [-0.39, 0.29) is 12.2 Å². The van der Waals surface area contributed by atoms with E-state index < -0.39 is 24.4 Å². The Labute approximate surface area is 189 Å². The van der Waals surface area contributed by atoms with Gasteiger partial charge in [-0.15, -0.1) is 0 Å². The Hall–Kier alpha value is -4.33. The maximum Gasteiger partial charge on any atom is 0.306 e. The molecule has 0 aliphatic rings. The molecule has 2 heterocycles. The second-order valence-electron chi connectivity index (χ2n) is 7.27. The van der Waals surface area contributed by atoms with Crippen molar-refractivity contribution in [3.8, 4) is 17.0 Å². The normalized spacial score (nSPS) is 10.7. The fraction of sp³-hybridized carbons (Fsp3) is 0.160. The van der Waals surface area contributed by atoms with Crippen molar-refractivity contribution in [1.29, 1.82) is 0 Å². The lowest BCUT2D eigenvalue weighted by atomic mass is 10.0. The third-order valence-electron chi connectivity index (χ3n) is 5.13. The minimum atomic E-state index is -0.726. The molecule has 0 radical (unpaired) electrons. The molecule has 0 bridgehead atoms. The number of amides is 2. The molecule has 0 spiro atoms. The Bertz CT molecular complexity index is 1270. The highest BCUT2D eigenvalue weighted by Gasteiger charge is 2.17. The van der Waals surface area contributed by atoms with E-state index in [1.54, 1.807) is 7.11 Å². The van der Waals surface area contributed by atoms with Crippen LogP contribution in [0.25, 0.3) is 22.2 Å². The van der Waals surface area contributed by atoms with Gasteiger partial charge in [0.15, 0.2) is 12.4 Å². The summed E-state index contributed by atoms with van der Waals surface area (Å²) in [7, 11) is 1.61. The topological polar surface area (TPSA) is 111 Å². The summed E-state index contributed by atoms with van der Waals surface area (Å²) in [6.07, 6.45) is 1.81. The van der Waals surface area contributed by atoms with E-state index in [2.05, 4.69) is 10.3 Å². The summed E-state index contributed by atoms with van der Waals surface area (Å²) in [5.74, 6) is -1.20. The van der Waals surface area contributed by atoms with Crippen LogP contribution in [0.3, 0.4) is 0 Å². The molecule has 4 rings (SSSR count). The van der Waals surface area contributed by atoms with Crippen molar-refractivity contribution in [3.05, 3.63) is 78.3 Å². The molecule has 8 nitrogen and oxygen atoms in total. The zero-order valence-electron chi connectivity index (χ0n) is 17.9. The molecular formula is C25H22N2O6. The molecule has 2 amide bonds. The first-order chi connectivity index (χ1) is 16.0. The summed E-state index contributed by atoms with van der Waals surface area (Å²) in [4.78, 5) is 39.4. The molecule has 168 valence electrons. The van der Waals surface area contributed by atoms with E-state index in [4.69, 9.17) is 13.9 Å². The summed E-state index contributed by atoms with van der Waals surface area (Å²) >= 11 is 0. The number of fused-ring (bicyclic) bond motifs is 1. The molecule has 0 saturated carbocycles. The van der Waals surface area contributed by atoms with Crippen LogP contribution in [0, 0.1) is 0 Å². The molecule has 2 aromatic heterocycles. The van der Waals surface area contributed by atoms with E-state index in [0.717, 1.165) is 33.5 Å². The summed E-state index contributed by atoms with van der Waals surface area (Å²) in [6.45, 7) is -0.551. The van der Waals surface area contributed by atoms with Gasteiger partial charge < -0.3 is 18.9 Å². The zero-order chi connectivity index (χ0) is 23.2. The van der Waals surface area contributed by atoms with Gasteiger partial charge in [0.25, 0.3) is 11.8 Å². The van der Waals surface area contributed by atoms with Crippen LogP contribution in [0.1, 0.15) is 22.5 Å². The summed E-state index contributed by atoms with van der Waals surface area (Å²) in [5, 5.41) is 3.12. The standard InChI is InChI=1S/C25H22N2O6/c1-31-17-10-8-16(9-11-17)24-19(18-5-2-3-6-20(18)26-24)12-13-23(29)33-15-22(28)27-25(30)21-7-4-14-32-21/h2-11,14,26H,12-13,15H2,1H3,(H,27,28,30). The summed E-state index contributed by atoms with van der Waals surface area (Å²) in [5.41, 5.74) is 3.81. The van der Waals surface area contributed by atoms with Crippen molar-refractivity contribution in [2.75, 3.05) is 13.7 Å². The number of furan rings is 1. The Morgan fingerprint density at radius 2 is 1.79 bits per heavy atom. The molecule has 2 aromatic carbocycles. The van der Waals surface area contributed by atoms with Crippen LogP contribution in [0.2, 0.25) is 0 Å². The van der Waals surface area contributed by atoms with Crippen LogP contribution >= 0.6 is 0 Å². The minimum Gasteiger partial charge on any atom is -0.497 e.